The zero-order chi connectivity index (χ0) is 17.5. The molecule has 134 valence electrons. The number of nitrogens with zero attached hydrogens (tertiary/aromatic N) is 3. The molecule has 2 rings (SSSR count). The first-order valence-corrected chi connectivity index (χ1v) is 10.2. The first-order chi connectivity index (χ1) is 11.5. The summed E-state index contributed by atoms with van der Waals surface area (Å²) in [7, 11) is 0. The van der Waals surface area contributed by atoms with Gasteiger partial charge in [0.15, 0.2) is 0 Å². The summed E-state index contributed by atoms with van der Waals surface area (Å²) in [6, 6.07) is 2.26. The number of amides is 1. The van der Waals surface area contributed by atoms with Gasteiger partial charge in [0, 0.05) is 37.8 Å². The van der Waals surface area contributed by atoms with Crippen LogP contribution in [-0.4, -0.2) is 51.9 Å². The van der Waals surface area contributed by atoms with Crippen molar-refractivity contribution >= 4 is 17.7 Å². The van der Waals surface area contributed by atoms with Crippen LogP contribution in [0.1, 0.15) is 51.0 Å². The van der Waals surface area contributed by atoms with E-state index in [1.165, 1.54) is 0 Å². The van der Waals surface area contributed by atoms with Gasteiger partial charge in [-0.15, -0.1) is 0 Å². The lowest BCUT2D eigenvalue weighted by Gasteiger charge is -2.19. The van der Waals surface area contributed by atoms with Crippen LogP contribution in [-0.2, 0) is 11.3 Å². The number of rotatable bonds is 8. The molecule has 0 aromatic carbocycles. The Labute approximate surface area is 150 Å². The number of aromatic nitrogens is 2. The predicted octanol–water partition coefficient (Wildman–Crippen LogP) is 2.68. The summed E-state index contributed by atoms with van der Waals surface area (Å²) in [6.07, 6.45) is 6.13. The van der Waals surface area contributed by atoms with E-state index >= 15 is 0 Å². The molecule has 1 fully saturated rings. The van der Waals surface area contributed by atoms with E-state index in [4.69, 9.17) is 0 Å². The van der Waals surface area contributed by atoms with E-state index in [-0.39, 0.29) is 11.9 Å². The van der Waals surface area contributed by atoms with Gasteiger partial charge in [0.25, 0.3) is 0 Å². The number of nitrogens with one attached hydrogen (secondary N) is 1. The summed E-state index contributed by atoms with van der Waals surface area (Å²) in [5.74, 6) is 2.47. The van der Waals surface area contributed by atoms with Crippen LogP contribution in [0.3, 0.4) is 0 Å². The van der Waals surface area contributed by atoms with Gasteiger partial charge in [-0.25, -0.2) is 9.97 Å². The summed E-state index contributed by atoms with van der Waals surface area (Å²) in [5, 5.41) is 3.23. The maximum Gasteiger partial charge on any atom is 0.230 e. The monoisotopic (exact) mass is 350 g/mol. The highest BCUT2D eigenvalue weighted by Crippen LogP contribution is 2.23. The molecular weight excluding hydrogens is 320 g/mol. The van der Waals surface area contributed by atoms with E-state index in [9.17, 15) is 4.79 Å². The van der Waals surface area contributed by atoms with Crippen molar-refractivity contribution in [3.8, 4) is 0 Å². The Morgan fingerprint density at radius 2 is 2.25 bits per heavy atom. The minimum Gasteiger partial charge on any atom is -0.351 e. The molecule has 0 saturated carbocycles. The zero-order valence-electron chi connectivity index (χ0n) is 15.3. The van der Waals surface area contributed by atoms with Crippen molar-refractivity contribution in [1.82, 2.24) is 20.2 Å². The van der Waals surface area contributed by atoms with Gasteiger partial charge in [-0.3, -0.25) is 9.69 Å². The lowest BCUT2D eigenvalue weighted by Crippen LogP contribution is -2.41. The van der Waals surface area contributed by atoms with E-state index in [1.807, 2.05) is 18.5 Å². The van der Waals surface area contributed by atoms with Crippen LogP contribution in [0.5, 0.6) is 0 Å². The van der Waals surface area contributed by atoms with Crippen molar-refractivity contribution in [3.63, 3.8) is 0 Å². The molecule has 1 aromatic heterocycles. The summed E-state index contributed by atoms with van der Waals surface area (Å²) in [4.78, 5) is 23.4. The number of carbonyl (C=O) groups excluding carboxylic acids is 1. The summed E-state index contributed by atoms with van der Waals surface area (Å²) >= 11 is 1.57. The highest BCUT2D eigenvalue weighted by atomic mass is 32.2. The van der Waals surface area contributed by atoms with Crippen molar-refractivity contribution in [1.29, 1.82) is 0 Å². The third-order valence-corrected chi connectivity index (χ3v) is 4.98. The van der Waals surface area contributed by atoms with Gasteiger partial charge >= 0.3 is 0 Å². The Hall–Kier alpha value is -1.14. The van der Waals surface area contributed by atoms with Crippen LogP contribution >= 0.6 is 11.8 Å². The normalized spacial score (nSPS) is 21.4. The van der Waals surface area contributed by atoms with Crippen LogP contribution in [0.2, 0.25) is 0 Å². The highest BCUT2D eigenvalue weighted by molar-refractivity contribution is 7.99. The van der Waals surface area contributed by atoms with Crippen LogP contribution in [0.25, 0.3) is 0 Å². The second-order valence-electron chi connectivity index (χ2n) is 6.91. The molecule has 2 heterocycles. The van der Waals surface area contributed by atoms with Crippen molar-refractivity contribution < 1.29 is 4.79 Å². The van der Waals surface area contributed by atoms with Gasteiger partial charge in [0.1, 0.15) is 5.82 Å². The van der Waals surface area contributed by atoms with Gasteiger partial charge < -0.3 is 5.32 Å². The Bertz CT molecular complexity index is 538. The third kappa shape index (κ3) is 5.45. The minimum atomic E-state index is 0.152. The fourth-order valence-electron chi connectivity index (χ4n) is 3.30. The molecule has 0 bridgehead atoms. The molecule has 1 amide bonds. The molecule has 1 aromatic rings. The second kappa shape index (κ2) is 9.37. The highest BCUT2D eigenvalue weighted by Gasteiger charge is 2.33. The number of likely N-dealkylation sites (tertiary alicyclic amines) is 1. The molecule has 0 aliphatic carbocycles. The quantitative estimate of drug-likeness (QED) is 0.781. The number of thioether (sulfide) groups is 1. The number of carbonyl (C=O) groups is 1. The van der Waals surface area contributed by atoms with Gasteiger partial charge in [0.05, 0.1) is 11.4 Å². The average molecular weight is 351 g/mol. The van der Waals surface area contributed by atoms with Gasteiger partial charge in [-0.2, -0.15) is 11.8 Å². The first kappa shape index (κ1) is 19.2. The first-order valence-electron chi connectivity index (χ1n) is 8.86. The standard InChI is InChI=1S/C18H30N4OS/c1-5-6-14-9-22(11-16(14)21-17(23)12-24-4)10-15-7-8-19-18(20-15)13(2)3/h7-8,13-14,16H,5-6,9-12H2,1-4H3,(H,21,23)/t14-,16-/m1/s1. The van der Waals surface area contributed by atoms with Crippen molar-refractivity contribution in [2.45, 2.75) is 52.1 Å². The van der Waals surface area contributed by atoms with E-state index in [0.29, 0.717) is 17.6 Å². The van der Waals surface area contributed by atoms with Crippen molar-refractivity contribution in [3.05, 3.63) is 23.8 Å². The van der Waals surface area contributed by atoms with Crippen molar-refractivity contribution in [2.24, 2.45) is 5.92 Å². The molecule has 0 spiro atoms. The van der Waals surface area contributed by atoms with E-state index in [0.717, 1.165) is 44.0 Å². The third-order valence-electron chi connectivity index (χ3n) is 4.43. The molecule has 1 aliphatic rings. The molecular formula is C18H30N4OS. The molecule has 1 saturated heterocycles. The molecule has 0 unspecified atom stereocenters. The van der Waals surface area contributed by atoms with E-state index in [2.05, 4.69) is 41.0 Å². The van der Waals surface area contributed by atoms with Crippen LogP contribution in [0, 0.1) is 5.92 Å². The van der Waals surface area contributed by atoms with Gasteiger partial charge in [0.2, 0.25) is 5.91 Å². The average Bonchev–Trinajstić information content (AvgIpc) is 2.89. The molecule has 2 atom stereocenters. The van der Waals surface area contributed by atoms with Gasteiger partial charge in [-0.05, 0) is 24.7 Å². The fourth-order valence-corrected chi connectivity index (χ4v) is 3.65. The van der Waals surface area contributed by atoms with Crippen molar-refractivity contribution in [2.75, 3.05) is 25.1 Å². The topological polar surface area (TPSA) is 58.1 Å². The SMILES string of the molecule is CCC[C@@H]1CN(Cc2ccnc(C(C)C)n2)C[C@H]1NC(=O)CSC. The molecule has 0 radical (unpaired) electrons. The molecule has 1 aliphatic heterocycles. The number of hydrogen-bond donors (Lipinski definition) is 1. The summed E-state index contributed by atoms with van der Waals surface area (Å²) < 4.78 is 0. The second-order valence-corrected chi connectivity index (χ2v) is 7.78. The van der Waals surface area contributed by atoms with Crippen LogP contribution < -0.4 is 5.32 Å². The largest absolute Gasteiger partial charge is 0.351 e. The lowest BCUT2D eigenvalue weighted by atomic mass is 9.98. The van der Waals surface area contributed by atoms with E-state index < -0.39 is 0 Å². The maximum absolute atomic E-state index is 12.0. The Balaban J connectivity index is 1.98. The minimum absolute atomic E-state index is 0.152. The van der Waals surface area contributed by atoms with E-state index in [1.54, 1.807) is 11.8 Å². The molecule has 24 heavy (non-hydrogen) atoms. The number of hydrogen-bond acceptors (Lipinski definition) is 5. The Kier molecular flexibility index (Phi) is 7.49. The van der Waals surface area contributed by atoms with Gasteiger partial charge in [-0.1, -0.05) is 27.2 Å². The summed E-state index contributed by atoms with van der Waals surface area (Å²) in [6.45, 7) is 9.21. The Morgan fingerprint density at radius 1 is 1.46 bits per heavy atom. The fraction of sp³-hybridized carbons (Fsp3) is 0.722. The molecule has 5 nitrogen and oxygen atoms in total. The predicted molar refractivity (Wildman–Crippen MR) is 100 cm³/mol. The molecule has 6 heteroatoms. The Morgan fingerprint density at radius 3 is 2.92 bits per heavy atom. The smallest absolute Gasteiger partial charge is 0.230 e. The summed E-state index contributed by atoms with van der Waals surface area (Å²) in [5.41, 5.74) is 1.07. The zero-order valence-corrected chi connectivity index (χ0v) is 16.1. The maximum atomic E-state index is 12.0. The molecule has 1 N–H and O–H groups in total. The van der Waals surface area contributed by atoms with Crippen LogP contribution in [0.15, 0.2) is 12.3 Å². The lowest BCUT2D eigenvalue weighted by molar-refractivity contribution is -0.119. The van der Waals surface area contributed by atoms with Crippen LogP contribution in [0.4, 0.5) is 0 Å².